The highest BCUT2D eigenvalue weighted by molar-refractivity contribution is 6.32. The molecule has 0 aromatic heterocycles. The van der Waals surface area contributed by atoms with E-state index in [1.54, 1.807) is 0 Å². The lowest BCUT2D eigenvalue weighted by atomic mass is 9.64. The third-order valence-electron chi connectivity index (χ3n) is 3.41. The number of phenolic OH excluding ortho intramolecular Hbond substituents is 1. The number of halogens is 3. The van der Waals surface area contributed by atoms with Gasteiger partial charge in [-0.05, 0) is 18.9 Å². The molecule has 0 radical (unpaired) electrons. The van der Waals surface area contributed by atoms with Crippen LogP contribution in [-0.2, 0) is 5.41 Å². The van der Waals surface area contributed by atoms with Gasteiger partial charge in [-0.3, -0.25) is 0 Å². The highest BCUT2D eigenvalue weighted by atomic mass is 35.5. The number of nitrogens with two attached hydrogens (primary N) is 1. The van der Waals surface area contributed by atoms with Crippen LogP contribution in [0.3, 0.4) is 0 Å². The van der Waals surface area contributed by atoms with Gasteiger partial charge in [-0.2, -0.15) is 4.39 Å². The van der Waals surface area contributed by atoms with Crippen molar-refractivity contribution in [1.29, 1.82) is 0 Å². The first-order valence-electron chi connectivity index (χ1n) is 5.09. The molecule has 3 N–H and O–H groups in total. The summed E-state index contributed by atoms with van der Waals surface area (Å²) in [5.41, 5.74) is 5.28. The average Bonchev–Trinajstić information content (AvgIpc) is 2.21. The van der Waals surface area contributed by atoms with Crippen LogP contribution in [-0.4, -0.2) is 11.7 Å². The van der Waals surface area contributed by atoms with Gasteiger partial charge in [0.15, 0.2) is 11.6 Å². The first kappa shape index (κ1) is 11.6. The highest BCUT2D eigenvalue weighted by Crippen LogP contribution is 2.46. The van der Waals surface area contributed by atoms with Gasteiger partial charge >= 0.3 is 0 Å². The summed E-state index contributed by atoms with van der Waals surface area (Å²) >= 11 is 5.64. The van der Waals surface area contributed by atoms with Crippen molar-refractivity contribution in [3.05, 3.63) is 28.3 Å². The van der Waals surface area contributed by atoms with Crippen molar-refractivity contribution < 1.29 is 13.9 Å². The van der Waals surface area contributed by atoms with E-state index in [1.807, 2.05) is 0 Å². The Morgan fingerprint density at radius 2 is 2.00 bits per heavy atom. The molecule has 1 saturated carbocycles. The van der Waals surface area contributed by atoms with Crippen molar-refractivity contribution in [2.45, 2.75) is 24.7 Å². The second-order valence-corrected chi connectivity index (χ2v) is 4.63. The molecule has 1 aliphatic rings. The molecule has 88 valence electrons. The van der Waals surface area contributed by atoms with Crippen LogP contribution in [0, 0.1) is 11.6 Å². The van der Waals surface area contributed by atoms with E-state index < -0.39 is 22.8 Å². The zero-order valence-electron chi connectivity index (χ0n) is 8.56. The second-order valence-electron chi connectivity index (χ2n) is 4.22. The van der Waals surface area contributed by atoms with Crippen molar-refractivity contribution in [2.75, 3.05) is 6.54 Å². The van der Waals surface area contributed by atoms with Gasteiger partial charge in [0.2, 0.25) is 5.82 Å². The van der Waals surface area contributed by atoms with Gasteiger partial charge in [-0.15, -0.1) is 0 Å². The molecule has 0 amide bonds. The van der Waals surface area contributed by atoms with Crippen LogP contribution in [0.25, 0.3) is 0 Å². The number of rotatable bonds is 2. The maximum absolute atomic E-state index is 13.7. The van der Waals surface area contributed by atoms with Crippen molar-refractivity contribution in [2.24, 2.45) is 5.73 Å². The predicted octanol–water partition coefficient (Wildman–Crippen LogP) is 2.70. The third-order valence-corrected chi connectivity index (χ3v) is 3.70. The first-order chi connectivity index (χ1) is 7.52. The van der Waals surface area contributed by atoms with Gasteiger partial charge in [0.05, 0.1) is 5.02 Å². The number of aromatic hydroxyl groups is 1. The van der Waals surface area contributed by atoms with Crippen molar-refractivity contribution in [1.82, 2.24) is 0 Å². The first-order valence-corrected chi connectivity index (χ1v) is 5.46. The van der Waals surface area contributed by atoms with Crippen LogP contribution in [0.4, 0.5) is 8.78 Å². The topological polar surface area (TPSA) is 46.2 Å². The van der Waals surface area contributed by atoms with Crippen LogP contribution in [0.1, 0.15) is 24.8 Å². The van der Waals surface area contributed by atoms with E-state index in [2.05, 4.69) is 0 Å². The molecule has 0 saturated heterocycles. The van der Waals surface area contributed by atoms with Crippen LogP contribution >= 0.6 is 11.6 Å². The number of phenols is 1. The van der Waals surface area contributed by atoms with E-state index in [0.29, 0.717) is 0 Å². The number of hydrogen-bond acceptors (Lipinski definition) is 2. The fraction of sp³-hybridized carbons (Fsp3) is 0.455. The summed E-state index contributed by atoms with van der Waals surface area (Å²) in [5.74, 6) is -3.16. The van der Waals surface area contributed by atoms with Gasteiger partial charge in [-0.25, -0.2) is 4.39 Å². The Labute approximate surface area is 97.0 Å². The van der Waals surface area contributed by atoms with E-state index in [1.165, 1.54) is 6.07 Å². The Bertz CT molecular complexity index is 427. The lowest BCUT2D eigenvalue weighted by Crippen LogP contribution is -2.42. The SMILES string of the molecule is NCC1(c2cc(Cl)c(O)c(F)c2F)CCC1. The molecule has 0 atom stereocenters. The molecule has 5 heteroatoms. The van der Waals surface area contributed by atoms with E-state index >= 15 is 0 Å². The molecule has 0 heterocycles. The van der Waals surface area contributed by atoms with Crippen LogP contribution < -0.4 is 5.73 Å². The number of hydrogen-bond donors (Lipinski definition) is 2. The van der Waals surface area contributed by atoms with Crippen molar-refractivity contribution >= 4 is 11.6 Å². The maximum atomic E-state index is 13.7. The summed E-state index contributed by atoms with van der Waals surface area (Å²) in [6.07, 6.45) is 2.39. The van der Waals surface area contributed by atoms with Gasteiger partial charge in [0.1, 0.15) is 0 Å². The molecule has 16 heavy (non-hydrogen) atoms. The Kier molecular flexibility index (Phi) is 2.80. The van der Waals surface area contributed by atoms with Gasteiger partial charge in [-0.1, -0.05) is 18.0 Å². The van der Waals surface area contributed by atoms with Crippen molar-refractivity contribution in [3.63, 3.8) is 0 Å². The summed E-state index contributed by atoms with van der Waals surface area (Å²) in [7, 11) is 0. The van der Waals surface area contributed by atoms with E-state index in [0.717, 1.165) is 19.3 Å². The van der Waals surface area contributed by atoms with Crippen molar-refractivity contribution in [3.8, 4) is 5.75 Å². The molecular formula is C11H12ClF2NO. The molecule has 0 spiro atoms. The van der Waals surface area contributed by atoms with E-state index in [4.69, 9.17) is 22.4 Å². The molecule has 0 aliphatic heterocycles. The van der Waals surface area contributed by atoms with Gasteiger partial charge < -0.3 is 10.8 Å². The van der Waals surface area contributed by atoms with Crippen LogP contribution in [0.5, 0.6) is 5.75 Å². The Morgan fingerprint density at radius 3 is 2.44 bits per heavy atom. The minimum atomic E-state index is -1.29. The molecule has 0 unspecified atom stereocenters. The average molecular weight is 248 g/mol. The number of benzene rings is 1. The second kappa shape index (κ2) is 3.86. The summed E-state index contributed by atoms with van der Waals surface area (Å²) in [5, 5.41) is 8.99. The monoisotopic (exact) mass is 247 g/mol. The van der Waals surface area contributed by atoms with Crippen LogP contribution in [0.2, 0.25) is 5.02 Å². The quantitative estimate of drug-likeness (QED) is 0.790. The fourth-order valence-corrected chi connectivity index (χ4v) is 2.35. The molecule has 1 fully saturated rings. The van der Waals surface area contributed by atoms with Gasteiger partial charge in [0.25, 0.3) is 0 Å². The minimum absolute atomic E-state index is 0.173. The normalized spacial score (nSPS) is 18.2. The van der Waals surface area contributed by atoms with Gasteiger partial charge in [0, 0.05) is 17.5 Å². The Hall–Kier alpha value is -0.870. The maximum Gasteiger partial charge on any atom is 0.202 e. The lowest BCUT2D eigenvalue weighted by Gasteiger charge is -2.41. The smallest absolute Gasteiger partial charge is 0.202 e. The standard InChI is InChI=1S/C11H12ClF2NO/c12-7-4-6(8(13)9(14)10(7)16)11(5-15)2-1-3-11/h4,16H,1-3,5,15H2. The van der Waals surface area contributed by atoms with Crippen LogP contribution in [0.15, 0.2) is 6.07 Å². The highest BCUT2D eigenvalue weighted by Gasteiger charge is 2.41. The Balaban J connectivity index is 2.57. The minimum Gasteiger partial charge on any atom is -0.504 e. The fourth-order valence-electron chi connectivity index (χ4n) is 2.16. The molecule has 1 aromatic carbocycles. The summed E-state index contributed by atoms with van der Waals surface area (Å²) in [6, 6.07) is 1.28. The largest absolute Gasteiger partial charge is 0.504 e. The molecule has 1 aliphatic carbocycles. The molecule has 0 bridgehead atoms. The lowest BCUT2D eigenvalue weighted by molar-refractivity contribution is 0.241. The van der Waals surface area contributed by atoms with E-state index in [9.17, 15) is 8.78 Å². The summed E-state index contributed by atoms with van der Waals surface area (Å²) in [6.45, 7) is 0.254. The molecule has 2 rings (SSSR count). The summed E-state index contributed by atoms with van der Waals surface area (Å²) < 4.78 is 27.0. The zero-order valence-corrected chi connectivity index (χ0v) is 9.32. The molecular weight excluding hydrogens is 236 g/mol. The summed E-state index contributed by atoms with van der Waals surface area (Å²) in [4.78, 5) is 0. The zero-order chi connectivity index (χ0) is 11.9. The predicted molar refractivity (Wildman–Crippen MR) is 57.6 cm³/mol. The molecule has 2 nitrogen and oxygen atoms in total. The molecule has 1 aromatic rings. The Morgan fingerprint density at radius 1 is 1.38 bits per heavy atom. The third kappa shape index (κ3) is 1.48. The van der Waals surface area contributed by atoms with E-state index in [-0.39, 0.29) is 17.1 Å².